The lowest BCUT2D eigenvalue weighted by molar-refractivity contribution is 0.0582. The monoisotopic (exact) mass is 345 g/mol. The van der Waals surface area contributed by atoms with Gasteiger partial charge in [0.05, 0.1) is 0 Å². The third-order valence-electron chi connectivity index (χ3n) is 5.37. The van der Waals surface area contributed by atoms with Crippen molar-refractivity contribution in [1.82, 2.24) is 9.88 Å². The van der Waals surface area contributed by atoms with Gasteiger partial charge in [0.25, 0.3) is 11.5 Å². The summed E-state index contributed by atoms with van der Waals surface area (Å²) in [5.41, 5.74) is 6.63. The number of likely N-dealkylation sites (tertiary alicyclic amines) is 1. The van der Waals surface area contributed by atoms with Crippen LogP contribution in [0.3, 0.4) is 0 Å². The molecule has 2 atom stereocenters. The molecule has 0 radical (unpaired) electrons. The molecule has 1 saturated heterocycles. The van der Waals surface area contributed by atoms with Gasteiger partial charge in [0.2, 0.25) is 0 Å². The second-order valence-electron chi connectivity index (χ2n) is 8.27. The first-order chi connectivity index (χ1) is 11.7. The second kappa shape index (κ2) is 6.41. The number of ketones is 1. The molecule has 0 bridgehead atoms. The topological polar surface area (TPSA) is 96.3 Å². The fraction of sp³-hybridized carbons (Fsp3) is 0.632. The van der Waals surface area contributed by atoms with Gasteiger partial charge in [-0.05, 0) is 44.1 Å². The van der Waals surface area contributed by atoms with Crippen LogP contribution in [0.5, 0.6) is 0 Å². The summed E-state index contributed by atoms with van der Waals surface area (Å²) in [6.45, 7) is 6.50. The molecular formula is C19H27N3O3. The first kappa shape index (κ1) is 17.9. The SMILES string of the molecule is CC(N)C1CCCCN1C(=O)c1cc2c([nH]c1=O)CC(C)(C)CC2=O. The molecule has 2 aliphatic rings. The van der Waals surface area contributed by atoms with Crippen molar-refractivity contribution in [3.05, 3.63) is 33.2 Å². The molecule has 1 fully saturated rings. The van der Waals surface area contributed by atoms with E-state index in [-0.39, 0.29) is 34.8 Å². The van der Waals surface area contributed by atoms with Crippen molar-refractivity contribution in [3.8, 4) is 0 Å². The Morgan fingerprint density at radius 2 is 2.04 bits per heavy atom. The summed E-state index contributed by atoms with van der Waals surface area (Å²) in [4.78, 5) is 42.5. The van der Waals surface area contributed by atoms with Gasteiger partial charge in [-0.25, -0.2) is 0 Å². The number of fused-ring (bicyclic) bond motifs is 1. The highest BCUT2D eigenvalue weighted by Crippen LogP contribution is 2.33. The molecule has 1 aliphatic carbocycles. The summed E-state index contributed by atoms with van der Waals surface area (Å²) >= 11 is 0. The zero-order valence-corrected chi connectivity index (χ0v) is 15.2. The van der Waals surface area contributed by atoms with Crippen molar-refractivity contribution in [1.29, 1.82) is 0 Å². The van der Waals surface area contributed by atoms with Crippen LogP contribution in [0.25, 0.3) is 0 Å². The maximum atomic E-state index is 13.0. The Bertz CT molecular complexity index is 764. The van der Waals surface area contributed by atoms with Crippen molar-refractivity contribution in [3.63, 3.8) is 0 Å². The molecule has 136 valence electrons. The molecule has 25 heavy (non-hydrogen) atoms. The number of carbonyl (C=O) groups excluding carboxylic acids is 2. The van der Waals surface area contributed by atoms with Crippen molar-refractivity contribution in [2.75, 3.05) is 6.54 Å². The molecule has 2 heterocycles. The summed E-state index contributed by atoms with van der Waals surface area (Å²) in [7, 11) is 0. The molecule has 0 saturated carbocycles. The zero-order valence-electron chi connectivity index (χ0n) is 15.2. The maximum Gasteiger partial charge on any atom is 0.261 e. The average Bonchev–Trinajstić information content (AvgIpc) is 2.52. The molecule has 0 aromatic carbocycles. The summed E-state index contributed by atoms with van der Waals surface area (Å²) in [5, 5.41) is 0. The minimum Gasteiger partial charge on any atom is -0.334 e. The van der Waals surface area contributed by atoms with Crippen molar-refractivity contribution in [2.24, 2.45) is 11.1 Å². The first-order valence-corrected chi connectivity index (χ1v) is 9.05. The van der Waals surface area contributed by atoms with Crippen LogP contribution < -0.4 is 11.3 Å². The summed E-state index contributed by atoms with van der Waals surface area (Å²) in [5.74, 6) is -0.331. The van der Waals surface area contributed by atoms with Crippen LogP contribution in [0.4, 0.5) is 0 Å². The normalized spacial score (nSPS) is 23.9. The Morgan fingerprint density at radius 3 is 2.72 bits per heavy atom. The number of pyridine rings is 1. The number of Topliss-reactive ketones (excluding diaryl/α,β-unsaturated/α-hetero) is 1. The van der Waals surface area contributed by atoms with Gasteiger partial charge in [-0.2, -0.15) is 0 Å². The second-order valence-corrected chi connectivity index (χ2v) is 8.27. The molecule has 1 aromatic heterocycles. The number of hydrogen-bond acceptors (Lipinski definition) is 4. The number of nitrogens with zero attached hydrogens (tertiary/aromatic N) is 1. The minimum absolute atomic E-state index is 0.0149. The number of carbonyl (C=O) groups is 2. The highest BCUT2D eigenvalue weighted by Gasteiger charge is 2.35. The van der Waals surface area contributed by atoms with E-state index >= 15 is 0 Å². The Morgan fingerprint density at radius 1 is 1.32 bits per heavy atom. The number of rotatable bonds is 2. The number of hydrogen-bond donors (Lipinski definition) is 2. The lowest BCUT2D eigenvalue weighted by atomic mass is 9.75. The van der Waals surface area contributed by atoms with Gasteiger partial charge in [0.1, 0.15) is 5.56 Å². The van der Waals surface area contributed by atoms with Gasteiger partial charge in [-0.1, -0.05) is 13.8 Å². The predicted octanol–water partition coefficient (Wildman–Crippen LogP) is 1.87. The molecule has 6 nitrogen and oxygen atoms in total. The summed E-state index contributed by atoms with van der Waals surface area (Å²) in [6.07, 6.45) is 3.84. The molecule has 1 aliphatic heterocycles. The lowest BCUT2D eigenvalue weighted by Crippen LogP contribution is -2.52. The number of nitrogens with two attached hydrogens (primary N) is 1. The van der Waals surface area contributed by atoms with E-state index in [2.05, 4.69) is 4.98 Å². The first-order valence-electron chi connectivity index (χ1n) is 9.05. The van der Waals surface area contributed by atoms with E-state index in [1.165, 1.54) is 6.07 Å². The molecule has 3 N–H and O–H groups in total. The largest absolute Gasteiger partial charge is 0.334 e. The van der Waals surface area contributed by atoms with Gasteiger partial charge < -0.3 is 15.6 Å². The third-order valence-corrected chi connectivity index (χ3v) is 5.37. The van der Waals surface area contributed by atoms with E-state index in [0.717, 1.165) is 19.3 Å². The van der Waals surface area contributed by atoms with Crippen LogP contribution in [0.1, 0.15) is 72.9 Å². The maximum absolute atomic E-state index is 13.0. The average molecular weight is 345 g/mol. The minimum atomic E-state index is -0.414. The molecule has 6 heteroatoms. The molecular weight excluding hydrogens is 318 g/mol. The van der Waals surface area contributed by atoms with Crippen molar-refractivity contribution >= 4 is 11.7 Å². The fourth-order valence-electron chi connectivity index (χ4n) is 4.10. The third kappa shape index (κ3) is 3.40. The van der Waals surface area contributed by atoms with Crippen LogP contribution in [0, 0.1) is 5.41 Å². The van der Waals surface area contributed by atoms with E-state index < -0.39 is 5.56 Å². The Labute approximate surface area is 147 Å². The van der Waals surface area contributed by atoms with Crippen LogP contribution in [-0.4, -0.2) is 40.2 Å². The van der Waals surface area contributed by atoms with Gasteiger partial charge in [-0.3, -0.25) is 14.4 Å². The predicted molar refractivity (Wildman–Crippen MR) is 95.8 cm³/mol. The van der Waals surface area contributed by atoms with Gasteiger partial charge in [0.15, 0.2) is 5.78 Å². The van der Waals surface area contributed by atoms with E-state index in [1.807, 2.05) is 20.8 Å². The summed E-state index contributed by atoms with van der Waals surface area (Å²) < 4.78 is 0. The number of amides is 1. The quantitative estimate of drug-likeness (QED) is 0.855. The summed E-state index contributed by atoms with van der Waals surface area (Å²) in [6, 6.07) is 1.29. The van der Waals surface area contributed by atoms with Gasteiger partial charge >= 0.3 is 0 Å². The number of piperidine rings is 1. The molecule has 1 amide bonds. The Kier molecular flexibility index (Phi) is 4.58. The van der Waals surface area contributed by atoms with Crippen LogP contribution in [0.2, 0.25) is 0 Å². The van der Waals surface area contributed by atoms with Crippen molar-refractivity contribution in [2.45, 2.75) is 65.0 Å². The van der Waals surface area contributed by atoms with Crippen LogP contribution >= 0.6 is 0 Å². The zero-order chi connectivity index (χ0) is 18.4. The van der Waals surface area contributed by atoms with Crippen LogP contribution in [-0.2, 0) is 6.42 Å². The van der Waals surface area contributed by atoms with E-state index in [9.17, 15) is 14.4 Å². The number of nitrogens with one attached hydrogen (secondary N) is 1. The molecule has 3 rings (SSSR count). The Hall–Kier alpha value is -1.95. The number of aromatic amines is 1. The highest BCUT2D eigenvalue weighted by atomic mass is 16.2. The number of aromatic nitrogens is 1. The van der Waals surface area contributed by atoms with Crippen LogP contribution in [0.15, 0.2) is 10.9 Å². The smallest absolute Gasteiger partial charge is 0.261 e. The van der Waals surface area contributed by atoms with Gasteiger partial charge in [-0.15, -0.1) is 0 Å². The fourth-order valence-corrected chi connectivity index (χ4v) is 4.10. The van der Waals surface area contributed by atoms with Crippen molar-refractivity contribution < 1.29 is 9.59 Å². The molecule has 1 aromatic rings. The van der Waals surface area contributed by atoms with Gasteiger partial charge in [0, 0.05) is 36.3 Å². The standard InChI is InChI=1S/C19H27N3O3/c1-11(20)15-6-4-5-7-22(15)18(25)13-8-12-14(21-17(13)24)9-19(2,3)10-16(12)23/h8,11,15H,4-7,9-10,20H2,1-3H3,(H,21,24). The Balaban J connectivity index is 1.98. The molecule has 2 unspecified atom stereocenters. The highest BCUT2D eigenvalue weighted by molar-refractivity contribution is 6.02. The number of H-pyrrole nitrogens is 1. The van der Waals surface area contributed by atoms with E-state index in [4.69, 9.17) is 5.73 Å². The van der Waals surface area contributed by atoms with E-state index in [1.54, 1.807) is 4.90 Å². The van der Waals surface area contributed by atoms with E-state index in [0.29, 0.717) is 30.6 Å². The lowest BCUT2D eigenvalue weighted by Gasteiger charge is -2.38. The molecule has 0 spiro atoms.